The van der Waals surface area contributed by atoms with Crippen LogP contribution in [0.2, 0.25) is 0 Å². The minimum atomic E-state index is -4.55. The summed E-state index contributed by atoms with van der Waals surface area (Å²) in [5.74, 6) is -0.608. The van der Waals surface area contributed by atoms with E-state index in [0.29, 0.717) is 6.42 Å². The average Bonchev–Trinajstić information content (AvgIpc) is 2.43. The van der Waals surface area contributed by atoms with Crippen molar-refractivity contribution >= 4 is 16.1 Å². The summed E-state index contributed by atoms with van der Waals surface area (Å²) in [6.07, 6.45) is 13.2. The van der Waals surface area contributed by atoms with Gasteiger partial charge in [0, 0.05) is 6.42 Å². The summed E-state index contributed by atoms with van der Waals surface area (Å²) in [5.41, 5.74) is -1.59. The third-order valence-electron chi connectivity index (χ3n) is 3.69. The van der Waals surface area contributed by atoms with E-state index < -0.39 is 21.5 Å². The first-order valence-corrected chi connectivity index (χ1v) is 9.99. The molecular formula is C16H31NaO5S. The van der Waals surface area contributed by atoms with Gasteiger partial charge >= 0.3 is 35.5 Å². The normalized spacial score (nSPS) is 12.5. The summed E-state index contributed by atoms with van der Waals surface area (Å²) in [4.78, 5) is 11.3. The van der Waals surface area contributed by atoms with Crippen molar-refractivity contribution in [1.82, 2.24) is 0 Å². The van der Waals surface area contributed by atoms with E-state index in [4.69, 9.17) is 0 Å². The van der Waals surface area contributed by atoms with Crippen LogP contribution >= 0.6 is 0 Å². The fourth-order valence-electron chi connectivity index (χ4n) is 2.24. The molecule has 0 bridgehead atoms. The second-order valence-electron chi connectivity index (χ2n) is 5.84. The van der Waals surface area contributed by atoms with Crippen molar-refractivity contribution in [2.75, 3.05) is 0 Å². The molecule has 1 unspecified atom stereocenters. The van der Waals surface area contributed by atoms with Gasteiger partial charge in [0.05, 0.1) is 0 Å². The Bertz CT molecular complexity index is 384. The van der Waals surface area contributed by atoms with Crippen LogP contribution in [-0.2, 0) is 19.6 Å². The molecule has 0 aromatic carbocycles. The minimum absolute atomic E-state index is 0. The van der Waals surface area contributed by atoms with Gasteiger partial charge < -0.3 is 9.29 Å². The summed E-state index contributed by atoms with van der Waals surface area (Å²) in [5, 5.41) is 0. The quantitative estimate of drug-likeness (QED) is 0.201. The summed E-state index contributed by atoms with van der Waals surface area (Å²) in [6, 6.07) is 0. The van der Waals surface area contributed by atoms with Gasteiger partial charge in [-0.3, -0.25) is 4.79 Å². The molecule has 0 rings (SSSR count). The maximum atomic E-state index is 11.3. The molecule has 0 aliphatic carbocycles. The van der Waals surface area contributed by atoms with E-state index in [1.165, 1.54) is 51.4 Å². The van der Waals surface area contributed by atoms with Gasteiger partial charge in [-0.05, 0) is 13.3 Å². The number of carbonyl (C=O) groups is 1. The van der Waals surface area contributed by atoms with Crippen molar-refractivity contribution in [3.63, 3.8) is 0 Å². The molecule has 0 aromatic rings. The van der Waals surface area contributed by atoms with Crippen molar-refractivity contribution < 1.29 is 52.1 Å². The van der Waals surface area contributed by atoms with Gasteiger partial charge in [-0.1, -0.05) is 71.1 Å². The number of esters is 1. The number of unbranched alkanes of at least 4 members (excludes halogenated alkanes) is 10. The van der Waals surface area contributed by atoms with Gasteiger partial charge in [-0.2, -0.15) is 0 Å². The first kappa shape index (κ1) is 25.6. The zero-order valence-electron chi connectivity index (χ0n) is 15.0. The molecule has 0 radical (unpaired) electrons. The topological polar surface area (TPSA) is 83.5 Å². The Labute approximate surface area is 164 Å². The van der Waals surface area contributed by atoms with Crippen LogP contribution in [0.5, 0.6) is 0 Å². The monoisotopic (exact) mass is 358 g/mol. The number of hydrogen-bond donors (Lipinski definition) is 0. The molecule has 0 heterocycles. The molecular weight excluding hydrogens is 327 g/mol. The molecule has 0 aromatic heterocycles. The third-order valence-corrected chi connectivity index (χ3v) is 4.60. The van der Waals surface area contributed by atoms with Crippen molar-refractivity contribution in [1.29, 1.82) is 0 Å². The predicted molar refractivity (Wildman–Crippen MR) is 86.3 cm³/mol. The van der Waals surface area contributed by atoms with Crippen LogP contribution in [0.25, 0.3) is 0 Å². The Hall–Kier alpha value is 0.380. The number of hydrogen-bond acceptors (Lipinski definition) is 5. The van der Waals surface area contributed by atoms with Crippen LogP contribution in [0.1, 0.15) is 90.9 Å². The van der Waals surface area contributed by atoms with E-state index >= 15 is 0 Å². The van der Waals surface area contributed by atoms with Crippen LogP contribution < -0.4 is 29.6 Å². The molecule has 0 aliphatic heterocycles. The van der Waals surface area contributed by atoms with Crippen LogP contribution in [0, 0.1) is 0 Å². The molecule has 7 heteroatoms. The molecule has 0 saturated carbocycles. The predicted octanol–water partition coefficient (Wildman–Crippen LogP) is 1.13. The minimum Gasteiger partial charge on any atom is -0.745 e. The fourth-order valence-corrected chi connectivity index (χ4v) is 2.46. The summed E-state index contributed by atoms with van der Waals surface area (Å²) in [7, 11) is -4.55. The standard InChI is InChI=1S/C16H32O5S.Na/c1-3-4-5-6-7-8-9-10-11-12-13-14-16(17)21-15(2)22(18,19)20;/h15H,3-14H2,1-2H3,(H,18,19,20);/q;+1/p-1. The molecule has 0 saturated heterocycles. The van der Waals surface area contributed by atoms with Gasteiger partial charge in [-0.25, -0.2) is 8.42 Å². The summed E-state index contributed by atoms with van der Waals surface area (Å²) < 4.78 is 36.3. The first-order valence-electron chi connectivity index (χ1n) is 8.52. The number of ether oxygens (including phenoxy) is 1. The zero-order valence-corrected chi connectivity index (χ0v) is 17.8. The Morgan fingerprint density at radius 3 is 1.70 bits per heavy atom. The molecule has 0 fully saturated rings. The molecule has 5 nitrogen and oxygen atoms in total. The third kappa shape index (κ3) is 17.0. The second kappa shape index (κ2) is 15.9. The Morgan fingerprint density at radius 1 is 0.913 bits per heavy atom. The van der Waals surface area contributed by atoms with Crippen LogP contribution in [0.4, 0.5) is 0 Å². The SMILES string of the molecule is CCCCCCCCCCCCCC(=O)OC(C)S(=O)(=O)[O-].[Na+]. The Kier molecular flexibility index (Phi) is 17.7. The van der Waals surface area contributed by atoms with Gasteiger partial charge in [0.1, 0.15) is 10.1 Å². The Balaban J connectivity index is 0. The molecule has 1 atom stereocenters. The maximum Gasteiger partial charge on any atom is 1.00 e. The van der Waals surface area contributed by atoms with E-state index in [-0.39, 0.29) is 36.0 Å². The number of rotatable bonds is 14. The van der Waals surface area contributed by atoms with Crippen molar-refractivity contribution in [2.45, 2.75) is 96.3 Å². The molecule has 23 heavy (non-hydrogen) atoms. The van der Waals surface area contributed by atoms with Gasteiger partial charge in [-0.15, -0.1) is 0 Å². The molecule has 0 N–H and O–H groups in total. The van der Waals surface area contributed by atoms with E-state index in [0.717, 1.165) is 19.8 Å². The zero-order chi connectivity index (χ0) is 16.8. The summed E-state index contributed by atoms with van der Waals surface area (Å²) >= 11 is 0. The molecule has 0 aliphatic rings. The van der Waals surface area contributed by atoms with Gasteiger partial charge in [0.15, 0.2) is 5.44 Å². The summed E-state index contributed by atoms with van der Waals surface area (Å²) in [6.45, 7) is 3.30. The van der Waals surface area contributed by atoms with Gasteiger partial charge in [0.25, 0.3) is 0 Å². The molecule has 0 spiro atoms. The largest absolute Gasteiger partial charge is 1.00 e. The first-order chi connectivity index (χ1) is 10.4. The smallest absolute Gasteiger partial charge is 0.745 e. The van der Waals surface area contributed by atoms with E-state index in [9.17, 15) is 17.8 Å². The number of carbonyl (C=O) groups excluding carboxylic acids is 1. The van der Waals surface area contributed by atoms with Crippen LogP contribution in [0.3, 0.4) is 0 Å². The van der Waals surface area contributed by atoms with Crippen molar-refractivity contribution in [2.24, 2.45) is 0 Å². The van der Waals surface area contributed by atoms with Crippen LogP contribution in [-0.4, -0.2) is 24.4 Å². The Morgan fingerprint density at radius 2 is 1.30 bits per heavy atom. The maximum absolute atomic E-state index is 11.3. The average molecular weight is 358 g/mol. The second-order valence-corrected chi connectivity index (χ2v) is 7.49. The van der Waals surface area contributed by atoms with Crippen LogP contribution in [0.15, 0.2) is 0 Å². The molecule has 0 amide bonds. The van der Waals surface area contributed by atoms with E-state index in [1.807, 2.05) is 0 Å². The van der Waals surface area contributed by atoms with E-state index in [1.54, 1.807) is 0 Å². The van der Waals surface area contributed by atoms with Crippen molar-refractivity contribution in [3.8, 4) is 0 Å². The van der Waals surface area contributed by atoms with Gasteiger partial charge in [0.2, 0.25) is 0 Å². The van der Waals surface area contributed by atoms with Crippen molar-refractivity contribution in [3.05, 3.63) is 0 Å². The van der Waals surface area contributed by atoms with E-state index in [2.05, 4.69) is 11.7 Å². The fraction of sp³-hybridized carbons (Fsp3) is 0.938. The molecule has 132 valence electrons.